The van der Waals surface area contributed by atoms with Crippen molar-refractivity contribution in [2.75, 3.05) is 32.7 Å². The van der Waals surface area contributed by atoms with E-state index in [1.807, 2.05) is 6.92 Å². The summed E-state index contributed by atoms with van der Waals surface area (Å²) < 4.78 is 0. The zero-order valence-corrected chi connectivity index (χ0v) is 10.7. The molecule has 2 aliphatic rings. The number of β-amino-alcohol motifs (C(OH)–C–C–N with tert-alkyl or cyclic N) is 1. The Morgan fingerprint density at radius 1 is 1.56 bits per heavy atom. The molecule has 2 aliphatic heterocycles. The van der Waals surface area contributed by atoms with E-state index in [1.165, 1.54) is 0 Å². The van der Waals surface area contributed by atoms with Gasteiger partial charge in [0, 0.05) is 45.1 Å². The Labute approximate surface area is 107 Å². The van der Waals surface area contributed by atoms with Gasteiger partial charge in [-0.05, 0) is 6.92 Å². The van der Waals surface area contributed by atoms with Crippen molar-refractivity contribution in [1.82, 2.24) is 15.5 Å². The van der Waals surface area contributed by atoms with E-state index in [-0.39, 0.29) is 29.8 Å². The maximum atomic E-state index is 11.9. The monoisotopic (exact) mass is 255 g/mol. The molecular weight excluding hydrogens is 234 g/mol. The fourth-order valence-electron chi connectivity index (χ4n) is 2.56. The lowest BCUT2D eigenvalue weighted by molar-refractivity contribution is -0.129. The first-order chi connectivity index (χ1) is 8.61. The molecule has 2 heterocycles. The number of rotatable bonds is 4. The second-order valence-corrected chi connectivity index (χ2v) is 5.06. The molecule has 2 amide bonds. The fraction of sp³-hybridized carbons (Fsp3) is 0.833. The summed E-state index contributed by atoms with van der Waals surface area (Å²) in [5, 5.41) is 15.5. The molecule has 102 valence electrons. The standard InChI is InChI=1S/C12H21N3O3/c1-2-15-7-8(3-11(15)17)12(18)14-5-9-4-13-6-10(9)16/h8-10,13,16H,2-7H2,1H3,(H,14,18). The van der Waals surface area contributed by atoms with Gasteiger partial charge in [0.1, 0.15) is 0 Å². The number of carbonyl (C=O) groups excluding carboxylic acids is 2. The van der Waals surface area contributed by atoms with Crippen molar-refractivity contribution < 1.29 is 14.7 Å². The van der Waals surface area contributed by atoms with Gasteiger partial charge < -0.3 is 20.6 Å². The summed E-state index contributed by atoms with van der Waals surface area (Å²) in [6.07, 6.45) is -0.0758. The van der Waals surface area contributed by atoms with Gasteiger partial charge in [-0.15, -0.1) is 0 Å². The van der Waals surface area contributed by atoms with E-state index in [2.05, 4.69) is 10.6 Å². The summed E-state index contributed by atoms with van der Waals surface area (Å²) in [6.45, 7) is 4.89. The van der Waals surface area contributed by atoms with Crippen molar-refractivity contribution in [3.63, 3.8) is 0 Å². The number of carbonyl (C=O) groups is 2. The van der Waals surface area contributed by atoms with Crippen LogP contribution in [0.25, 0.3) is 0 Å². The molecule has 0 aromatic rings. The third-order valence-corrected chi connectivity index (χ3v) is 3.81. The number of hydrogen-bond donors (Lipinski definition) is 3. The molecule has 2 fully saturated rings. The number of aliphatic hydroxyl groups excluding tert-OH is 1. The number of nitrogens with zero attached hydrogens (tertiary/aromatic N) is 1. The summed E-state index contributed by atoms with van der Waals surface area (Å²) in [7, 11) is 0. The molecule has 6 heteroatoms. The Morgan fingerprint density at radius 3 is 2.89 bits per heavy atom. The molecule has 0 bridgehead atoms. The van der Waals surface area contributed by atoms with Crippen LogP contribution in [0.4, 0.5) is 0 Å². The number of amides is 2. The Morgan fingerprint density at radius 2 is 2.33 bits per heavy atom. The van der Waals surface area contributed by atoms with E-state index in [4.69, 9.17) is 0 Å². The zero-order valence-electron chi connectivity index (χ0n) is 10.7. The Bertz CT molecular complexity index is 335. The van der Waals surface area contributed by atoms with Crippen LogP contribution in [0.1, 0.15) is 13.3 Å². The average molecular weight is 255 g/mol. The molecule has 0 spiro atoms. The molecule has 3 N–H and O–H groups in total. The molecule has 2 saturated heterocycles. The Hall–Kier alpha value is -1.14. The number of hydrogen-bond acceptors (Lipinski definition) is 4. The minimum atomic E-state index is -0.386. The minimum Gasteiger partial charge on any atom is -0.391 e. The highest BCUT2D eigenvalue weighted by Gasteiger charge is 2.34. The van der Waals surface area contributed by atoms with Crippen molar-refractivity contribution in [1.29, 1.82) is 0 Å². The molecule has 0 aromatic heterocycles. The lowest BCUT2D eigenvalue weighted by Crippen LogP contribution is -2.38. The highest BCUT2D eigenvalue weighted by molar-refractivity contribution is 5.89. The van der Waals surface area contributed by atoms with Gasteiger partial charge in [0.15, 0.2) is 0 Å². The summed E-state index contributed by atoms with van der Waals surface area (Å²) in [5.41, 5.74) is 0. The molecule has 3 unspecified atom stereocenters. The first kappa shape index (κ1) is 13.3. The average Bonchev–Trinajstić information content (AvgIpc) is 2.92. The lowest BCUT2D eigenvalue weighted by Gasteiger charge is -2.16. The maximum absolute atomic E-state index is 11.9. The third kappa shape index (κ3) is 2.81. The van der Waals surface area contributed by atoms with Gasteiger partial charge in [-0.2, -0.15) is 0 Å². The van der Waals surface area contributed by atoms with E-state index < -0.39 is 0 Å². The highest BCUT2D eigenvalue weighted by atomic mass is 16.3. The van der Waals surface area contributed by atoms with Crippen LogP contribution in [-0.4, -0.2) is 60.6 Å². The summed E-state index contributed by atoms with van der Waals surface area (Å²) in [6, 6.07) is 0. The molecule has 0 radical (unpaired) electrons. The Balaban J connectivity index is 1.77. The normalized spacial score (nSPS) is 32.0. The van der Waals surface area contributed by atoms with E-state index in [0.717, 1.165) is 6.54 Å². The molecule has 0 aliphatic carbocycles. The SMILES string of the molecule is CCN1CC(C(=O)NCC2CNCC2O)CC1=O. The Kier molecular flexibility index (Phi) is 4.19. The van der Waals surface area contributed by atoms with Gasteiger partial charge in [-0.25, -0.2) is 0 Å². The first-order valence-corrected chi connectivity index (χ1v) is 6.56. The van der Waals surface area contributed by atoms with E-state index in [9.17, 15) is 14.7 Å². The topological polar surface area (TPSA) is 81.7 Å². The summed E-state index contributed by atoms with van der Waals surface area (Å²) in [5.74, 6) is -0.170. The van der Waals surface area contributed by atoms with E-state index in [1.54, 1.807) is 4.90 Å². The lowest BCUT2D eigenvalue weighted by atomic mass is 10.0. The van der Waals surface area contributed by atoms with Gasteiger partial charge in [-0.1, -0.05) is 0 Å². The number of nitrogens with one attached hydrogen (secondary N) is 2. The van der Waals surface area contributed by atoms with Crippen LogP contribution in [0.2, 0.25) is 0 Å². The zero-order chi connectivity index (χ0) is 13.1. The highest BCUT2D eigenvalue weighted by Crippen LogP contribution is 2.17. The first-order valence-electron chi connectivity index (χ1n) is 6.56. The van der Waals surface area contributed by atoms with Crippen molar-refractivity contribution in [2.45, 2.75) is 19.4 Å². The molecule has 3 atom stereocenters. The molecule has 6 nitrogen and oxygen atoms in total. The smallest absolute Gasteiger partial charge is 0.225 e. The van der Waals surface area contributed by atoms with Crippen molar-refractivity contribution in [3.05, 3.63) is 0 Å². The van der Waals surface area contributed by atoms with Crippen LogP contribution in [0, 0.1) is 11.8 Å². The summed E-state index contributed by atoms with van der Waals surface area (Å²) >= 11 is 0. The van der Waals surface area contributed by atoms with Gasteiger partial charge in [0.05, 0.1) is 12.0 Å². The predicted octanol–water partition coefficient (Wildman–Crippen LogP) is -1.45. The fourth-order valence-corrected chi connectivity index (χ4v) is 2.56. The predicted molar refractivity (Wildman–Crippen MR) is 65.7 cm³/mol. The third-order valence-electron chi connectivity index (χ3n) is 3.81. The van der Waals surface area contributed by atoms with Crippen LogP contribution in [-0.2, 0) is 9.59 Å². The van der Waals surface area contributed by atoms with Crippen molar-refractivity contribution in [2.24, 2.45) is 11.8 Å². The second-order valence-electron chi connectivity index (χ2n) is 5.06. The van der Waals surface area contributed by atoms with Gasteiger partial charge in [-0.3, -0.25) is 9.59 Å². The summed E-state index contributed by atoms with van der Waals surface area (Å²) in [4.78, 5) is 25.2. The van der Waals surface area contributed by atoms with Crippen LogP contribution >= 0.6 is 0 Å². The van der Waals surface area contributed by atoms with Gasteiger partial charge >= 0.3 is 0 Å². The minimum absolute atomic E-state index is 0.0558. The maximum Gasteiger partial charge on any atom is 0.225 e. The van der Waals surface area contributed by atoms with Gasteiger partial charge in [0.25, 0.3) is 0 Å². The molecule has 18 heavy (non-hydrogen) atoms. The molecule has 0 aromatic carbocycles. The molecule has 2 rings (SSSR count). The second kappa shape index (κ2) is 5.67. The van der Waals surface area contributed by atoms with E-state index in [0.29, 0.717) is 32.6 Å². The van der Waals surface area contributed by atoms with Crippen LogP contribution in [0.5, 0.6) is 0 Å². The van der Waals surface area contributed by atoms with Crippen LogP contribution in [0.15, 0.2) is 0 Å². The number of likely N-dealkylation sites (tertiary alicyclic amines) is 1. The van der Waals surface area contributed by atoms with Crippen LogP contribution in [0.3, 0.4) is 0 Å². The largest absolute Gasteiger partial charge is 0.391 e. The molecular formula is C12H21N3O3. The quantitative estimate of drug-likeness (QED) is 0.574. The molecule has 0 saturated carbocycles. The van der Waals surface area contributed by atoms with Crippen molar-refractivity contribution >= 4 is 11.8 Å². The number of aliphatic hydroxyl groups is 1. The van der Waals surface area contributed by atoms with E-state index >= 15 is 0 Å². The van der Waals surface area contributed by atoms with Gasteiger partial charge in [0.2, 0.25) is 11.8 Å². The van der Waals surface area contributed by atoms with Crippen LogP contribution < -0.4 is 10.6 Å². The van der Waals surface area contributed by atoms with Crippen molar-refractivity contribution in [3.8, 4) is 0 Å².